The third kappa shape index (κ3) is 3.33. The first-order valence-corrected chi connectivity index (χ1v) is 8.86. The van der Waals surface area contributed by atoms with E-state index in [1.807, 2.05) is 19.1 Å². The Balaban J connectivity index is 1.62. The van der Waals surface area contributed by atoms with Crippen LogP contribution in [0.3, 0.4) is 0 Å². The summed E-state index contributed by atoms with van der Waals surface area (Å²) in [5.41, 5.74) is 4.43. The van der Waals surface area contributed by atoms with Crippen LogP contribution in [-0.4, -0.2) is 44.4 Å². The third-order valence-corrected chi connectivity index (χ3v) is 4.59. The van der Waals surface area contributed by atoms with Gasteiger partial charge >= 0.3 is 0 Å². The van der Waals surface area contributed by atoms with Crippen LogP contribution in [0, 0.1) is 0 Å². The van der Waals surface area contributed by atoms with Gasteiger partial charge in [-0.2, -0.15) is 0 Å². The second-order valence-corrected chi connectivity index (χ2v) is 6.21. The van der Waals surface area contributed by atoms with E-state index < -0.39 is 0 Å². The smallest absolute Gasteiger partial charge is 0.221 e. The maximum Gasteiger partial charge on any atom is 0.221 e. The van der Waals surface area contributed by atoms with E-state index in [1.54, 1.807) is 6.20 Å². The Morgan fingerprint density at radius 1 is 1.24 bits per heavy atom. The highest BCUT2D eigenvalue weighted by molar-refractivity contribution is 5.87. The number of anilines is 1. The minimum atomic E-state index is 0.532. The standard InChI is InChI=1S/C20H23N3O2/c1-2-24-20-18(4-3-7-22-20)16-12-15-5-6-17(13-19(15)25-14-16)23-10-8-21-9-11-23/h3-7,12-13,21H,2,8-11,14H2,1H3. The average molecular weight is 337 g/mol. The molecule has 5 heteroatoms. The highest BCUT2D eigenvalue weighted by Gasteiger charge is 2.18. The molecule has 0 amide bonds. The van der Waals surface area contributed by atoms with Gasteiger partial charge in [0, 0.05) is 60.8 Å². The van der Waals surface area contributed by atoms with Gasteiger partial charge in [0.25, 0.3) is 0 Å². The number of piperazine rings is 1. The summed E-state index contributed by atoms with van der Waals surface area (Å²) >= 11 is 0. The molecule has 1 saturated heterocycles. The zero-order valence-corrected chi connectivity index (χ0v) is 14.5. The molecule has 1 aromatic carbocycles. The SMILES string of the molecule is CCOc1ncccc1C1=Cc2ccc(N3CCNCC3)cc2OC1. The van der Waals surface area contributed by atoms with Crippen LogP contribution in [0.15, 0.2) is 36.5 Å². The molecule has 0 atom stereocenters. The van der Waals surface area contributed by atoms with Gasteiger partial charge in [-0.25, -0.2) is 4.98 Å². The van der Waals surface area contributed by atoms with Crippen molar-refractivity contribution in [1.82, 2.24) is 10.3 Å². The minimum Gasteiger partial charge on any atom is -0.488 e. The molecular formula is C20H23N3O2. The number of pyridine rings is 1. The number of nitrogens with one attached hydrogen (secondary N) is 1. The molecular weight excluding hydrogens is 314 g/mol. The number of rotatable bonds is 4. The molecule has 0 radical (unpaired) electrons. The fraction of sp³-hybridized carbons (Fsp3) is 0.350. The van der Waals surface area contributed by atoms with Gasteiger partial charge in [-0.05, 0) is 37.3 Å². The minimum absolute atomic E-state index is 0.532. The Hall–Kier alpha value is -2.53. The molecule has 0 spiro atoms. The van der Waals surface area contributed by atoms with Gasteiger partial charge in [-0.15, -0.1) is 0 Å². The van der Waals surface area contributed by atoms with Crippen molar-refractivity contribution in [3.8, 4) is 11.6 Å². The van der Waals surface area contributed by atoms with Gasteiger partial charge < -0.3 is 19.7 Å². The molecule has 2 aliphatic rings. The molecule has 1 fully saturated rings. The van der Waals surface area contributed by atoms with E-state index in [4.69, 9.17) is 9.47 Å². The van der Waals surface area contributed by atoms with Crippen molar-refractivity contribution >= 4 is 17.3 Å². The average Bonchev–Trinajstić information content (AvgIpc) is 2.68. The molecule has 1 N–H and O–H groups in total. The maximum atomic E-state index is 6.06. The van der Waals surface area contributed by atoms with Crippen LogP contribution in [0.5, 0.6) is 11.6 Å². The molecule has 1 aromatic heterocycles. The Morgan fingerprint density at radius 2 is 2.12 bits per heavy atom. The number of fused-ring (bicyclic) bond motifs is 1. The number of nitrogens with zero attached hydrogens (tertiary/aromatic N) is 2. The van der Waals surface area contributed by atoms with E-state index in [0.29, 0.717) is 19.1 Å². The van der Waals surface area contributed by atoms with E-state index in [-0.39, 0.29) is 0 Å². The lowest BCUT2D eigenvalue weighted by atomic mass is 10.0. The van der Waals surface area contributed by atoms with Gasteiger partial charge in [-0.3, -0.25) is 0 Å². The molecule has 0 aliphatic carbocycles. The predicted octanol–water partition coefficient (Wildman–Crippen LogP) is 2.82. The quantitative estimate of drug-likeness (QED) is 0.930. The zero-order valence-electron chi connectivity index (χ0n) is 14.5. The summed E-state index contributed by atoms with van der Waals surface area (Å²) in [5.74, 6) is 1.61. The van der Waals surface area contributed by atoms with Gasteiger partial charge in [-0.1, -0.05) is 0 Å². The molecule has 0 saturated carbocycles. The summed E-state index contributed by atoms with van der Waals surface area (Å²) in [6, 6.07) is 10.4. The zero-order chi connectivity index (χ0) is 17.1. The lowest BCUT2D eigenvalue weighted by Crippen LogP contribution is -2.43. The van der Waals surface area contributed by atoms with E-state index in [0.717, 1.165) is 48.6 Å². The summed E-state index contributed by atoms with van der Waals surface area (Å²) in [6.45, 7) is 7.23. The Morgan fingerprint density at radius 3 is 2.96 bits per heavy atom. The molecule has 25 heavy (non-hydrogen) atoms. The predicted molar refractivity (Wildman–Crippen MR) is 100 cm³/mol. The summed E-state index contributed by atoms with van der Waals surface area (Å²) < 4.78 is 11.7. The Labute approximate surface area is 148 Å². The second-order valence-electron chi connectivity index (χ2n) is 6.21. The van der Waals surface area contributed by atoms with Crippen LogP contribution in [0.1, 0.15) is 18.1 Å². The van der Waals surface area contributed by atoms with Crippen molar-refractivity contribution in [2.75, 3.05) is 44.3 Å². The van der Waals surface area contributed by atoms with E-state index in [2.05, 4.69) is 39.5 Å². The Kier molecular flexibility index (Phi) is 4.57. The van der Waals surface area contributed by atoms with E-state index in [1.165, 1.54) is 5.69 Å². The van der Waals surface area contributed by atoms with Crippen molar-refractivity contribution in [3.63, 3.8) is 0 Å². The first-order valence-electron chi connectivity index (χ1n) is 8.86. The fourth-order valence-electron chi connectivity index (χ4n) is 3.31. The normalized spacial score (nSPS) is 16.7. The summed E-state index contributed by atoms with van der Waals surface area (Å²) in [5, 5.41) is 3.39. The van der Waals surface area contributed by atoms with Gasteiger partial charge in [0.1, 0.15) is 12.4 Å². The lowest BCUT2D eigenvalue weighted by Gasteiger charge is -2.30. The van der Waals surface area contributed by atoms with E-state index >= 15 is 0 Å². The van der Waals surface area contributed by atoms with Gasteiger partial charge in [0.2, 0.25) is 5.88 Å². The maximum absolute atomic E-state index is 6.06. The Bertz CT molecular complexity index is 782. The molecule has 2 aromatic rings. The van der Waals surface area contributed by atoms with Crippen LogP contribution in [-0.2, 0) is 0 Å². The fourth-order valence-corrected chi connectivity index (χ4v) is 3.31. The molecule has 130 valence electrons. The molecule has 5 nitrogen and oxygen atoms in total. The van der Waals surface area contributed by atoms with Crippen LogP contribution in [0.4, 0.5) is 5.69 Å². The second kappa shape index (κ2) is 7.15. The van der Waals surface area contributed by atoms with Crippen LogP contribution >= 0.6 is 0 Å². The van der Waals surface area contributed by atoms with Crippen molar-refractivity contribution < 1.29 is 9.47 Å². The molecule has 2 aliphatic heterocycles. The number of hydrogen-bond donors (Lipinski definition) is 1. The van der Waals surface area contributed by atoms with Crippen LogP contribution in [0.25, 0.3) is 11.6 Å². The van der Waals surface area contributed by atoms with Crippen molar-refractivity contribution in [1.29, 1.82) is 0 Å². The summed E-state index contributed by atoms with van der Waals surface area (Å²) in [4.78, 5) is 6.74. The van der Waals surface area contributed by atoms with E-state index in [9.17, 15) is 0 Å². The summed E-state index contributed by atoms with van der Waals surface area (Å²) in [6.07, 6.45) is 3.94. The number of ether oxygens (including phenoxy) is 2. The van der Waals surface area contributed by atoms with Crippen molar-refractivity contribution in [2.45, 2.75) is 6.92 Å². The number of benzene rings is 1. The summed E-state index contributed by atoms with van der Waals surface area (Å²) in [7, 11) is 0. The van der Waals surface area contributed by atoms with Gasteiger partial charge in [0.05, 0.1) is 6.61 Å². The molecule has 0 unspecified atom stereocenters. The number of hydrogen-bond acceptors (Lipinski definition) is 5. The topological polar surface area (TPSA) is 46.6 Å². The van der Waals surface area contributed by atoms with Crippen molar-refractivity contribution in [3.05, 3.63) is 47.7 Å². The highest BCUT2D eigenvalue weighted by atomic mass is 16.5. The monoisotopic (exact) mass is 337 g/mol. The molecule has 4 rings (SSSR count). The van der Waals surface area contributed by atoms with Crippen molar-refractivity contribution in [2.24, 2.45) is 0 Å². The van der Waals surface area contributed by atoms with Gasteiger partial charge in [0.15, 0.2) is 0 Å². The molecule has 3 heterocycles. The number of aromatic nitrogens is 1. The largest absolute Gasteiger partial charge is 0.488 e. The first-order chi connectivity index (χ1) is 12.3. The first kappa shape index (κ1) is 16.0. The van der Waals surface area contributed by atoms with Crippen LogP contribution in [0.2, 0.25) is 0 Å². The van der Waals surface area contributed by atoms with Crippen LogP contribution < -0.4 is 19.7 Å². The highest BCUT2D eigenvalue weighted by Crippen LogP contribution is 2.35. The molecule has 0 bridgehead atoms. The third-order valence-electron chi connectivity index (χ3n) is 4.59. The lowest BCUT2D eigenvalue weighted by molar-refractivity contribution is 0.323.